The van der Waals surface area contributed by atoms with E-state index in [1.807, 2.05) is 84.9 Å². The predicted octanol–water partition coefficient (Wildman–Crippen LogP) is 9.19. The van der Waals surface area contributed by atoms with Gasteiger partial charge in [0.05, 0.1) is 13.2 Å². The largest absolute Gasteiger partial charge is 0.493 e. The van der Waals surface area contributed by atoms with E-state index in [-0.39, 0.29) is 24.8 Å². The van der Waals surface area contributed by atoms with Crippen molar-refractivity contribution in [2.45, 2.75) is 25.7 Å². The maximum Gasteiger partial charge on any atom is 0.311 e. The number of fused-ring (bicyclic) bond motifs is 2. The van der Waals surface area contributed by atoms with E-state index in [2.05, 4.69) is 24.3 Å². The van der Waals surface area contributed by atoms with Crippen LogP contribution in [0.2, 0.25) is 0 Å². The first-order valence-electron chi connectivity index (χ1n) is 15.5. The molecule has 0 unspecified atom stereocenters. The van der Waals surface area contributed by atoms with E-state index in [1.54, 1.807) is 24.3 Å². The fraction of sp³-hybridized carbons (Fsp3) is 0.150. The van der Waals surface area contributed by atoms with Crippen molar-refractivity contribution in [1.82, 2.24) is 0 Å². The van der Waals surface area contributed by atoms with Crippen LogP contribution in [0.5, 0.6) is 23.0 Å². The first-order valence-corrected chi connectivity index (χ1v) is 15.5. The lowest BCUT2D eigenvalue weighted by Gasteiger charge is -2.20. The molecule has 0 bridgehead atoms. The van der Waals surface area contributed by atoms with E-state index in [1.165, 1.54) is 0 Å². The molecule has 0 atom stereocenters. The molecule has 0 saturated carbocycles. The van der Waals surface area contributed by atoms with Crippen LogP contribution in [0.4, 0.5) is 0 Å². The minimum atomic E-state index is -0.300. The van der Waals surface area contributed by atoms with Crippen molar-refractivity contribution in [1.29, 1.82) is 0 Å². The van der Waals surface area contributed by atoms with Crippen molar-refractivity contribution in [3.63, 3.8) is 0 Å². The highest BCUT2D eigenvalue weighted by Gasteiger charge is 2.19. The Hall–Kier alpha value is -5.62. The Bertz CT molecular complexity index is 1790. The van der Waals surface area contributed by atoms with Crippen molar-refractivity contribution in [3.05, 3.63) is 133 Å². The standard InChI is InChI=1S/C40H34O6/c41-37(45-31-15-3-1-4-16-31)21-11-27-43-35-25-23-29-13-7-9-19-33(29)39(35)40-34-20-10-8-14-30(34)24-26-36(40)44-28-12-22-38(42)46-32-17-5-2-6-18-32/h1-10,13-20,23-26H,11-12,21-22,27-28H2. The number of benzene rings is 6. The summed E-state index contributed by atoms with van der Waals surface area (Å²) >= 11 is 0. The van der Waals surface area contributed by atoms with Gasteiger partial charge in [0, 0.05) is 24.0 Å². The average Bonchev–Trinajstić information content (AvgIpc) is 3.09. The van der Waals surface area contributed by atoms with Crippen LogP contribution in [0.15, 0.2) is 133 Å². The molecule has 0 N–H and O–H groups in total. The number of esters is 2. The van der Waals surface area contributed by atoms with Crippen molar-refractivity contribution in [2.75, 3.05) is 13.2 Å². The van der Waals surface area contributed by atoms with E-state index in [0.29, 0.717) is 49.1 Å². The molecule has 6 aromatic rings. The van der Waals surface area contributed by atoms with E-state index in [0.717, 1.165) is 32.7 Å². The number of rotatable bonds is 13. The molecular weight excluding hydrogens is 576 g/mol. The molecule has 0 radical (unpaired) electrons. The minimum absolute atomic E-state index is 0.229. The van der Waals surface area contributed by atoms with Gasteiger partial charge in [0.15, 0.2) is 0 Å². The van der Waals surface area contributed by atoms with E-state index in [4.69, 9.17) is 18.9 Å². The van der Waals surface area contributed by atoms with Crippen LogP contribution in [0.3, 0.4) is 0 Å². The van der Waals surface area contributed by atoms with Gasteiger partial charge < -0.3 is 18.9 Å². The molecule has 0 aliphatic heterocycles. The summed E-state index contributed by atoms with van der Waals surface area (Å²) in [6.45, 7) is 0.666. The molecule has 0 aromatic heterocycles. The van der Waals surface area contributed by atoms with Gasteiger partial charge in [-0.1, -0.05) is 97.1 Å². The fourth-order valence-electron chi connectivity index (χ4n) is 5.40. The van der Waals surface area contributed by atoms with Gasteiger partial charge >= 0.3 is 11.9 Å². The molecule has 6 heteroatoms. The normalized spacial score (nSPS) is 10.9. The van der Waals surface area contributed by atoms with Crippen molar-refractivity contribution in [3.8, 4) is 34.1 Å². The number of para-hydroxylation sites is 2. The summed E-state index contributed by atoms with van der Waals surface area (Å²) < 4.78 is 23.7. The summed E-state index contributed by atoms with van der Waals surface area (Å²) in [5.74, 6) is 1.85. The molecule has 0 heterocycles. The van der Waals surface area contributed by atoms with Gasteiger partial charge in [-0.15, -0.1) is 0 Å². The molecule has 0 saturated heterocycles. The molecule has 230 valence electrons. The second-order valence-electron chi connectivity index (χ2n) is 10.8. The smallest absolute Gasteiger partial charge is 0.311 e. The van der Waals surface area contributed by atoms with Crippen LogP contribution in [0, 0.1) is 0 Å². The van der Waals surface area contributed by atoms with Gasteiger partial charge in [0.2, 0.25) is 0 Å². The Balaban J connectivity index is 1.23. The number of carbonyl (C=O) groups is 2. The van der Waals surface area contributed by atoms with Crippen LogP contribution in [0.25, 0.3) is 32.7 Å². The Morgan fingerprint density at radius 2 is 0.826 bits per heavy atom. The Labute approximate surface area is 268 Å². The minimum Gasteiger partial charge on any atom is -0.493 e. The lowest BCUT2D eigenvalue weighted by atomic mass is 9.92. The highest BCUT2D eigenvalue weighted by molar-refractivity contribution is 6.09. The lowest BCUT2D eigenvalue weighted by molar-refractivity contribution is -0.135. The van der Waals surface area contributed by atoms with Crippen LogP contribution in [-0.2, 0) is 9.59 Å². The molecule has 0 fully saturated rings. The van der Waals surface area contributed by atoms with E-state index >= 15 is 0 Å². The number of ether oxygens (including phenoxy) is 4. The Morgan fingerprint density at radius 1 is 0.435 bits per heavy atom. The molecule has 0 aliphatic rings. The second-order valence-corrected chi connectivity index (χ2v) is 10.8. The molecule has 0 amide bonds. The highest BCUT2D eigenvalue weighted by atomic mass is 16.5. The number of carbonyl (C=O) groups excluding carboxylic acids is 2. The van der Waals surface area contributed by atoms with Crippen LogP contribution in [-0.4, -0.2) is 25.2 Å². The second kappa shape index (κ2) is 14.9. The number of hydrogen-bond acceptors (Lipinski definition) is 6. The fourth-order valence-corrected chi connectivity index (χ4v) is 5.40. The quantitative estimate of drug-likeness (QED) is 0.0738. The third kappa shape index (κ3) is 7.53. The first kappa shape index (κ1) is 30.4. The molecule has 46 heavy (non-hydrogen) atoms. The Kier molecular flexibility index (Phi) is 9.85. The van der Waals surface area contributed by atoms with Gasteiger partial charge in [-0.2, -0.15) is 0 Å². The third-order valence-electron chi connectivity index (χ3n) is 7.55. The zero-order chi connectivity index (χ0) is 31.6. The van der Waals surface area contributed by atoms with Crippen LogP contribution < -0.4 is 18.9 Å². The van der Waals surface area contributed by atoms with Crippen molar-refractivity contribution in [2.24, 2.45) is 0 Å². The highest BCUT2D eigenvalue weighted by Crippen LogP contribution is 2.45. The summed E-state index contributed by atoms with van der Waals surface area (Å²) in [6, 6.07) is 42.5. The van der Waals surface area contributed by atoms with Gasteiger partial charge in [0.1, 0.15) is 23.0 Å². The molecule has 0 spiro atoms. The van der Waals surface area contributed by atoms with Gasteiger partial charge in [0.25, 0.3) is 0 Å². The average molecular weight is 611 g/mol. The Morgan fingerprint density at radius 3 is 1.26 bits per heavy atom. The zero-order valence-corrected chi connectivity index (χ0v) is 25.4. The molecule has 6 rings (SSSR count). The summed E-state index contributed by atoms with van der Waals surface area (Å²) in [5, 5.41) is 4.19. The molecule has 0 aliphatic carbocycles. The molecule has 6 aromatic carbocycles. The molecular formula is C40H34O6. The van der Waals surface area contributed by atoms with Gasteiger partial charge in [-0.3, -0.25) is 9.59 Å². The SMILES string of the molecule is O=C(CCCOc1ccc2ccccc2c1-c1c(OCCCC(=O)Oc2ccccc2)ccc2ccccc12)Oc1ccccc1. The monoisotopic (exact) mass is 610 g/mol. The summed E-state index contributed by atoms with van der Waals surface area (Å²) in [5.41, 5.74) is 1.83. The summed E-state index contributed by atoms with van der Waals surface area (Å²) in [7, 11) is 0. The third-order valence-corrected chi connectivity index (χ3v) is 7.55. The maximum absolute atomic E-state index is 12.4. The number of hydrogen-bond donors (Lipinski definition) is 0. The summed E-state index contributed by atoms with van der Waals surface area (Å²) in [6.07, 6.45) is 1.45. The topological polar surface area (TPSA) is 71.1 Å². The van der Waals surface area contributed by atoms with E-state index < -0.39 is 0 Å². The van der Waals surface area contributed by atoms with Crippen molar-refractivity contribution >= 4 is 33.5 Å². The lowest BCUT2D eigenvalue weighted by Crippen LogP contribution is -2.10. The summed E-state index contributed by atoms with van der Waals surface area (Å²) in [4.78, 5) is 24.8. The van der Waals surface area contributed by atoms with Gasteiger partial charge in [-0.25, -0.2) is 0 Å². The van der Waals surface area contributed by atoms with Gasteiger partial charge in [-0.05, 0) is 70.8 Å². The zero-order valence-electron chi connectivity index (χ0n) is 25.4. The van der Waals surface area contributed by atoms with Crippen LogP contribution >= 0.6 is 0 Å². The van der Waals surface area contributed by atoms with E-state index in [9.17, 15) is 9.59 Å². The predicted molar refractivity (Wildman–Crippen MR) is 181 cm³/mol. The first-order chi connectivity index (χ1) is 22.7. The van der Waals surface area contributed by atoms with Crippen LogP contribution in [0.1, 0.15) is 25.7 Å². The maximum atomic E-state index is 12.4. The molecule has 6 nitrogen and oxygen atoms in total. The van der Waals surface area contributed by atoms with Crippen molar-refractivity contribution < 1.29 is 28.5 Å².